The van der Waals surface area contributed by atoms with Crippen LogP contribution in [0.15, 0.2) is 30.3 Å². The summed E-state index contributed by atoms with van der Waals surface area (Å²) in [6, 6.07) is 8.54. The van der Waals surface area contributed by atoms with Gasteiger partial charge in [0.1, 0.15) is 6.04 Å². The summed E-state index contributed by atoms with van der Waals surface area (Å²) in [5.41, 5.74) is 6.62. The molecule has 102 valence electrons. The van der Waals surface area contributed by atoms with Gasteiger partial charge in [-0.3, -0.25) is 9.59 Å². The molecule has 0 aromatic heterocycles. The first-order chi connectivity index (χ1) is 9.18. The second-order valence-corrected chi connectivity index (χ2v) is 4.74. The molecule has 2 amide bonds. The van der Waals surface area contributed by atoms with E-state index in [0.29, 0.717) is 13.1 Å². The molecule has 19 heavy (non-hydrogen) atoms. The SMILES string of the molecule is N[C@@H](C(=O)NCCNC(=O)C1CC1)c1ccccc1. The van der Waals surface area contributed by atoms with Gasteiger partial charge < -0.3 is 16.4 Å². The third-order valence-electron chi connectivity index (χ3n) is 3.11. The Balaban J connectivity index is 1.67. The van der Waals surface area contributed by atoms with Crippen molar-refractivity contribution in [3.8, 4) is 0 Å². The van der Waals surface area contributed by atoms with Crippen molar-refractivity contribution in [3.63, 3.8) is 0 Å². The molecular formula is C14H19N3O2. The lowest BCUT2D eigenvalue weighted by Crippen LogP contribution is -2.39. The van der Waals surface area contributed by atoms with Crippen LogP contribution in [-0.2, 0) is 9.59 Å². The molecule has 0 saturated heterocycles. The molecule has 0 aliphatic heterocycles. The van der Waals surface area contributed by atoms with Gasteiger partial charge in [0, 0.05) is 19.0 Å². The van der Waals surface area contributed by atoms with Crippen molar-refractivity contribution in [1.82, 2.24) is 10.6 Å². The Labute approximate surface area is 112 Å². The number of hydrogen-bond donors (Lipinski definition) is 3. The summed E-state index contributed by atoms with van der Waals surface area (Å²) in [4.78, 5) is 23.1. The molecule has 1 atom stereocenters. The molecule has 1 aromatic rings. The van der Waals surface area contributed by atoms with Crippen LogP contribution in [0.1, 0.15) is 24.4 Å². The fourth-order valence-electron chi connectivity index (χ4n) is 1.78. The van der Waals surface area contributed by atoms with E-state index < -0.39 is 6.04 Å². The van der Waals surface area contributed by atoms with Crippen molar-refractivity contribution in [2.75, 3.05) is 13.1 Å². The summed E-state index contributed by atoms with van der Waals surface area (Å²) >= 11 is 0. The molecule has 5 nitrogen and oxygen atoms in total. The summed E-state index contributed by atoms with van der Waals surface area (Å²) < 4.78 is 0. The quantitative estimate of drug-likeness (QED) is 0.645. The van der Waals surface area contributed by atoms with Crippen molar-refractivity contribution in [2.45, 2.75) is 18.9 Å². The lowest BCUT2D eigenvalue weighted by atomic mass is 10.1. The number of nitrogens with two attached hydrogens (primary N) is 1. The largest absolute Gasteiger partial charge is 0.354 e. The number of carbonyl (C=O) groups excluding carboxylic acids is 2. The maximum Gasteiger partial charge on any atom is 0.241 e. The van der Waals surface area contributed by atoms with Gasteiger partial charge >= 0.3 is 0 Å². The zero-order valence-corrected chi connectivity index (χ0v) is 10.8. The average molecular weight is 261 g/mol. The minimum Gasteiger partial charge on any atom is -0.354 e. The van der Waals surface area contributed by atoms with Crippen LogP contribution in [0.25, 0.3) is 0 Å². The third-order valence-corrected chi connectivity index (χ3v) is 3.11. The van der Waals surface area contributed by atoms with E-state index in [1.54, 1.807) is 0 Å². The normalized spacial score (nSPS) is 15.6. The smallest absolute Gasteiger partial charge is 0.241 e. The van der Waals surface area contributed by atoms with Crippen LogP contribution in [-0.4, -0.2) is 24.9 Å². The minimum atomic E-state index is -0.666. The Morgan fingerprint density at radius 3 is 2.42 bits per heavy atom. The predicted molar refractivity (Wildman–Crippen MR) is 72.1 cm³/mol. The highest BCUT2D eigenvalue weighted by Gasteiger charge is 2.29. The van der Waals surface area contributed by atoms with Crippen molar-refractivity contribution in [2.24, 2.45) is 11.7 Å². The van der Waals surface area contributed by atoms with Gasteiger partial charge in [-0.1, -0.05) is 30.3 Å². The number of carbonyl (C=O) groups is 2. The zero-order valence-electron chi connectivity index (χ0n) is 10.8. The van der Waals surface area contributed by atoms with Crippen LogP contribution in [0, 0.1) is 5.92 Å². The zero-order chi connectivity index (χ0) is 13.7. The van der Waals surface area contributed by atoms with Crippen molar-refractivity contribution in [1.29, 1.82) is 0 Å². The van der Waals surface area contributed by atoms with Crippen LogP contribution < -0.4 is 16.4 Å². The number of benzene rings is 1. The van der Waals surface area contributed by atoms with Gasteiger partial charge in [-0.2, -0.15) is 0 Å². The van der Waals surface area contributed by atoms with E-state index in [-0.39, 0.29) is 17.7 Å². The monoisotopic (exact) mass is 261 g/mol. The van der Waals surface area contributed by atoms with Gasteiger partial charge in [-0.15, -0.1) is 0 Å². The molecule has 1 saturated carbocycles. The molecule has 1 aliphatic carbocycles. The van der Waals surface area contributed by atoms with Crippen LogP contribution in [0.5, 0.6) is 0 Å². The second kappa shape index (κ2) is 6.33. The third kappa shape index (κ3) is 4.06. The molecule has 0 unspecified atom stereocenters. The Hall–Kier alpha value is -1.88. The number of nitrogens with one attached hydrogen (secondary N) is 2. The highest BCUT2D eigenvalue weighted by atomic mass is 16.2. The molecule has 4 N–H and O–H groups in total. The first-order valence-corrected chi connectivity index (χ1v) is 6.54. The predicted octanol–water partition coefficient (Wildman–Crippen LogP) is 0.329. The van der Waals surface area contributed by atoms with Crippen LogP contribution in [0.3, 0.4) is 0 Å². The van der Waals surface area contributed by atoms with Gasteiger partial charge in [0.2, 0.25) is 11.8 Å². The fourth-order valence-corrected chi connectivity index (χ4v) is 1.78. The summed E-state index contributed by atoms with van der Waals surface area (Å²) in [7, 11) is 0. The van der Waals surface area contributed by atoms with Crippen LogP contribution in [0.2, 0.25) is 0 Å². The molecule has 0 radical (unpaired) electrons. The fraction of sp³-hybridized carbons (Fsp3) is 0.429. The van der Waals surface area contributed by atoms with Crippen molar-refractivity contribution < 1.29 is 9.59 Å². The van der Waals surface area contributed by atoms with Crippen LogP contribution >= 0.6 is 0 Å². The Kier molecular flexibility index (Phi) is 4.52. The number of hydrogen-bond acceptors (Lipinski definition) is 3. The molecule has 0 heterocycles. The molecule has 1 aliphatic rings. The summed E-state index contributed by atoms with van der Waals surface area (Å²) in [5, 5.41) is 5.50. The first kappa shape index (κ1) is 13.5. The van der Waals surface area contributed by atoms with E-state index in [1.165, 1.54) is 0 Å². The highest BCUT2D eigenvalue weighted by Crippen LogP contribution is 2.28. The Morgan fingerprint density at radius 1 is 1.16 bits per heavy atom. The van der Waals surface area contributed by atoms with Gasteiger partial charge in [-0.25, -0.2) is 0 Å². The van der Waals surface area contributed by atoms with E-state index in [1.807, 2.05) is 30.3 Å². The van der Waals surface area contributed by atoms with Gasteiger partial charge in [0.15, 0.2) is 0 Å². The molecule has 1 aromatic carbocycles. The molecule has 0 spiro atoms. The number of rotatable bonds is 6. The first-order valence-electron chi connectivity index (χ1n) is 6.54. The molecule has 5 heteroatoms. The van der Waals surface area contributed by atoms with E-state index in [2.05, 4.69) is 10.6 Å². The maximum absolute atomic E-state index is 11.8. The van der Waals surface area contributed by atoms with E-state index in [0.717, 1.165) is 18.4 Å². The summed E-state index contributed by atoms with van der Waals surface area (Å²) in [5.74, 6) is 0.0516. The van der Waals surface area contributed by atoms with Gasteiger partial charge in [0.05, 0.1) is 0 Å². The second-order valence-electron chi connectivity index (χ2n) is 4.74. The number of amides is 2. The summed E-state index contributed by atoms with van der Waals surface area (Å²) in [6.07, 6.45) is 1.97. The maximum atomic E-state index is 11.8. The Morgan fingerprint density at radius 2 is 1.79 bits per heavy atom. The van der Waals surface area contributed by atoms with E-state index in [4.69, 9.17) is 5.73 Å². The molecule has 1 fully saturated rings. The van der Waals surface area contributed by atoms with Gasteiger partial charge in [-0.05, 0) is 18.4 Å². The lowest BCUT2D eigenvalue weighted by Gasteiger charge is -2.12. The Bertz CT molecular complexity index is 443. The highest BCUT2D eigenvalue weighted by molar-refractivity contribution is 5.83. The van der Waals surface area contributed by atoms with Gasteiger partial charge in [0.25, 0.3) is 0 Å². The lowest BCUT2D eigenvalue weighted by molar-refractivity contribution is -0.124. The minimum absolute atomic E-state index is 0.0848. The van der Waals surface area contributed by atoms with E-state index >= 15 is 0 Å². The molecular weight excluding hydrogens is 242 g/mol. The van der Waals surface area contributed by atoms with Crippen molar-refractivity contribution >= 4 is 11.8 Å². The molecule has 0 bridgehead atoms. The average Bonchev–Trinajstić information content (AvgIpc) is 3.27. The standard InChI is InChI=1S/C14H19N3O2/c15-12(10-4-2-1-3-5-10)14(19)17-9-8-16-13(18)11-6-7-11/h1-5,11-12H,6-9,15H2,(H,16,18)(H,17,19)/t12-/m1/s1. The summed E-state index contributed by atoms with van der Waals surface area (Å²) in [6.45, 7) is 0.848. The van der Waals surface area contributed by atoms with Crippen LogP contribution in [0.4, 0.5) is 0 Å². The van der Waals surface area contributed by atoms with Crippen molar-refractivity contribution in [3.05, 3.63) is 35.9 Å². The van der Waals surface area contributed by atoms with E-state index in [9.17, 15) is 9.59 Å². The topological polar surface area (TPSA) is 84.2 Å². The molecule has 2 rings (SSSR count).